The van der Waals surface area contributed by atoms with E-state index in [0.717, 1.165) is 29.9 Å². The van der Waals surface area contributed by atoms with Gasteiger partial charge in [0.05, 0.1) is 23.5 Å². The number of fused-ring (bicyclic) bond motifs is 1. The molecule has 1 aromatic heterocycles. The van der Waals surface area contributed by atoms with Crippen molar-refractivity contribution in [2.24, 2.45) is 0 Å². The minimum absolute atomic E-state index is 0.452. The zero-order chi connectivity index (χ0) is 13.8. The van der Waals surface area contributed by atoms with Gasteiger partial charge in [0.25, 0.3) is 0 Å². The SMILES string of the molecule is CCNc1ccc(NCC)c2c(NCC)[n+]([O-])oc12. The Labute approximate surface area is 112 Å². The lowest BCUT2D eigenvalue weighted by Crippen LogP contribution is -2.27. The van der Waals surface area contributed by atoms with Gasteiger partial charge in [-0.15, -0.1) is 0 Å². The van der Waals surface area contributed by atoms with Crippen LogP contribution in [0.3, 0.4) is 0 Å². The highest BCUT2D eigenvalue weighted by Gasteiger charge is 2.19. The highest BCUT2D eigenvalue weighted by molar-refractivity contribution is 6.03. The summed E-state index contributed by atoms with van der Waals surface area (Å²) in [4.78, 5) is 0.538. The van der Waals surface area contributed by atoms with Crippen molar-refractivity contribution in [1.29, 1.82) is 0 Å². The Morgan fingerprint density at radius 3 is 2.21 bits per heavy atom. The van der Waals surface area contributed by atoms with Gasteiger partial charge in [-0.05, 0) is 37.8 Å². The van der Waals surface area contributed by atoms with Crippen LogP contribution in [0.5, 0.6) is 0 Å². The fourth-order valence-corrected chi connectivity index (χ4v) is 2.12. The molecule has 6 heteroatoms. The Kier molecular flexibility index (Phi) is 3.99. The van der Waals surface area contributed by atoms with E-state index in [-0.39, 0.29) is 0 Å². The number of nitrogens with one attached hydrogen (secondary N) is 3. The van der Waals surface area contributed by atoms with Gasteiger partial charge in [0, 0.05) is 13.1 Å². The summed E-state index contributed by atoms with van der Waals surface area (Å²) < 4.78 is 5.32. The number of anilines is 3. The Hall–Kier alpha value is -2.11. The predicted octanol–water partition coefficient (Wildman–Crippen LogP) is 2.36. The molecule has 0 saturated heterocycles. The van der Waals surface area contributed by atoms with Crippen molar-refractivity contribution in [1.82, 2.24) is 0 Å². The van der Waals surface area contributed by atoms with E-state index in [0.29, 0.717) is 22.8 Å². The molecule has 0 aliphatic carbocycles. The van der Waals surface area contributed by atoms with Crippen molar-refractivity contribution in [3.63, 3.8) is 0 Å². The quantitative estimate of drug-likeness (QED) is 0.698. The number of aromatic nitrogens is 1. The molecule has 19 heavy (non-hydrogen) atoms. The van der Waals surface area contributed by atoms with Crippen LogP contribution in [-0.2, 0) is 0 Å². The average Bonchev–Trinajstić information content (AvgIpc) is 2.72. The lowest BCUT2D eigenvalue weighted by molar-refractivity contribution is -0.776. The van der Waals surface area contributed by atoms with Gasteiger partial charge in [-0.2, -0.15) is 0 Å². The third-order valence-electron chi connectivity index (χ3n) is 2.83. The maximum Gasteiger partial charge on any atom is 0.326 e. The average molecular weight is 264 g/mol. The number of rotatable bonds is 6. The fourth-order valence-electron chi connectivity index (χ4n) is 2.12. The van der Waals surface area contributed by atoms with Crippen LogP contribution in [0, 0.1) is 5.21 Å². The second-order valence-corrected chi connectivity index (χ2v) is 4.15. The zero-order valence-corrected chi connectivity index (χ0v) is 11.5. The molecule has 6 nitrogen and oxygen atoms in total. The number of nitrogens with zero attached hydrogens (tertiary/aromatic N) is 1. The minimum Gasteiger partial charge on any atom is -0.437 e. The van der Waals surface area contributed by atoms with Crippen molar-refractivity contribution >= 4 is 28.2 Å². The second-order valence-electron chi connectivity index (χ2n) is 4.15. The van der Waals surface area contributed by atoms with Crippen molar-refractivity contribution in [2.75, 3.05) is 35.6 Å². The monoisotopic (exact) mass is 264 g/mol. The molecule has 0 bridgehead atoms. The van der Waals surface area contributed by atoms with Crippen LogP contribution < -0.4 is 20.9 Å². The molecule has 0 atom stereocenters. The molecule has 0 aliphatic rings. The summed E-state index contributed by atoms with van der Waals surface area (Å²) in [6.07, 6.45) is 0. The molecule has 2 aromatic rings. The van der Waals surface area contributed by atoms with E-state index in [1.165, 1.54) is 0 Å². The van der Waals surface area contributed by atoms with E-state index in [1.807, 2.05) is 32.9 Å². The second kappa shape index (κ2) is 5.69. The van der Waals surface area contributed by atoms with E-state index in [2.05, 4.69) is 16.0 Å². The predicted molar refractivity (Wildman–Crippen MR) is 77.7 cm³/mol. The van der Waals surface area contributed by atoms with E-state index in [9.17, 15) is 5.21 Å². The molecule has 0 amide bonds. The molecule has 3 N–H and O–H groups in total. The molecule has 0 unspecified atom stereocenters. The first-order valence-electron chi connectivity index (χ1n) is 6.64. The third-order valence-corrected chi connectivity index (χ3v) is 2.83. The van der Waals surface area contributed by atoms with Gasteiger partial charge in [0.1, 0.15) is 5.39 Å². The molecular weight excluding hydrogens is 244 g/mol. The van der Waals surface area contributed by atoms with Gasteiger partial charge >= 0.3 is 5.82 Å². The summed E-state index contributed by atoms with van der Waals surface area (Å²) in [5.74, 6) is 0.452. The normalized spacial score (nSPS) is 10.7. The molecule has 1 heterocycles. The first kappa shape index (κ1) is 13.3. The van der Waals surface area contributed by atoms with Gasteiger partial charge in [0.2, 0.25) is 0 Å². The highest BCUT2D eigenvalue weighted by Crippen LogP contribution is 2.34. The molecular formula is C13H20N4O2. The van der Waals surface area contributed by atoms with Crippen molar-refractivity contribution in [3.05, 3.63) is 17.3 Å². The van der Waals surface area contributed by atoms with Crippen molar-refractivity contribution in [3.8, 4) is 0 Å². The van der Waals surface area contributed by atoms with E-state index < -0.39 is 0 Å². The number of hydrogen-bond acceptors (Lipinski definition) is 5. The van der Waals surface area contributed by atoms with Crippen LogP contribution in [0.4, 0.5) is 17.2 Å². The van der Waals surface area contributed by atoms with Gasteiger partial charge in [0.15, 0.2) is 0 Å². The third kappa shape index (κ3) is 2.38. The maximum absolute atomic E-state index is 11.9. The van der Waals surface area contributed by atoms with Gasteiger partial charge in [-0.25, -0.2) is 0 Å². The maximum atomic E-state index is 11.9. The molecule has 0 radical (unpaired) electrons. The van der Waals surface area contributed by atoms with Crippen LogP contribution in [0.1, 0.15) is 20.8 Å². The molecule has 0 fully saturated rings. The van der Waals surface area contributed by atoms with Crippen LogP contribution in [0.15, 0.2) is 16.7 Å². The topological polar surface area (TPSA) is 76.2 Å². The molecule has 0 spiro atoms. The zero-order valence-electron chi connectivity index (χ0n) is 11.5. The van der Waals surface area contributed by atoms with Crippen LogP contribution in [0.2, 0.25) is 0 Å². The van der Waals surface area contributed by atoms with Crippen LogP contribution in [-0.4, -0.2) is 19.6 Å². The Bertz CT molecular complexity index is 565. The minimum atomic E-state index is 0.452. The van der Waals surface area contributed by atoms with Crippen LogP contribution >= 0.6 is 0 Å². The molecule has 2 rings (SSSR count). The highest BCUT2D eigenvalue weighted by atomic mass is 16.7. The lowest BCUT2D eigenvalue weighted by atomic mass is 10.1. The van der Waals surface area contributed by atoms with E-state index >= 15 is 0 Å². The largest absolute Gasteiger partial charge is 0.437 e. The standard InChI is InChI=1S/C13H20N4O2/c1-4-14-9-7-8-10(15-5-2)12-11(9)13(16-6-3)17(18)19-12/h7-8,14-16H,4-6H2,1-3H3. The molecule has 0 saturated carbocycles. The number of hydrogen-bond donors (Lipinski definition) is 3. The molecule has 0 aliphatic heterocycles. The van der Waals surface area contributed by atoms with Gasteiger partial charge in [-0.3, -0.25) is 5.32 Å². The summed E-state index contributed by atoms with van der Waals surface area (Å²) in [5.41, 5.74) is 2.30. The summed E-state index contributed by atoms with van der Waals surface area (Å²) in [5, 5.41) is 22.2. The first-order valence-corrected chi connectivity index (χ1v) is 6.64. The Balaban J connectivity index is 2.66. The van der Waals surface area contributed by atoms with E-state index in [1.54, 1.807) is 0 Å². The molecule has 1 aromatic carbocycles. The lowest BCUT2D eigenvalue weighted by Gasteiger charge is -2.09. The smallest absolute Gasteiger partial charge is 0.326 e. The summed E-state index contributed by atoms with van der Waals surface area (Å²) in [6.45, 7) is 8.18. The Morgan fingerprint density at radius 2 is 1.58 bits per heavy atom. The van der Waals surface area contributed by atoms with Gasteiger partial charge < -0.3 is 20.4 Å². The fraction of sp³-hybridized carbons (Fsp3) is 0.462. The summed E-state index contributed by atoms with van der Waals surface area (Å²) in [7, 11) is 0. The van der Waals surface area contributed by atoms with E-state index in [4.69, 9.17) is 4.52 Å². The van der Waals surface area contributed by atoms with Crippen LogP contribution in [0.25, 0.3) is 11.0 Å². The van der Waals surface area contributed by atoms with Crippen molar-refractivity contribution in [2.45, 2.75) is 20.8 Å². The first-order chi connectivity index (χ1) is 9.22. The summed E-state index contributed by atoms with van der Waals surface area (Å²) in [6, 6.07) is 3.88. The molecule has 104 valence electrons. The van der Waals surface area contributed by atoms with Gasteiger partial charge in [-0.1, -0.05) is 0 Å². The summed E-state index contributed by atoms with van der Waals surface area (Å²) >= 11 is 0. The van der Waals surface area contributed by atoms with Crippen molar-refractivity contribution < 1.29 is 9.43 Å². The number of benzene rings is 1. The Morgan fingerprint density at radius 1 is 1.00 bits per heavy atom.